The first-order valence-electron chi connectivity index (χ1n) is 11.4. The number of nitrogens with zero attached hydrogens (tertiary/aromatic N) is 3. The molecule has 4 aromatic rings. The SMILES string of the molecule is COc1ccc(-c2noc(-c3cccc(NC(=O)[C@@H]4CC(=O)N(c5ccccc5OC)C4)c3)n2)cc1. The van der Waals surface area contributed by atoms with Crippen molar-refractivity contribution in [3.63, 3.8) is 0 Å². The molecule has 3 aromatic carbocycles. The number of amides is 2. The van der Waals surface area contributed by atoms with Gasteiger partial charge in [-0.15, -0.1) is 0 Å². The lowest BCUT2D eigenvalue weighted by Gasteiger charge is -2.19. The van der Waals surface area contributed by atoms with Crippen molar-refractivity contribution >= 4 is 23.2 Å². The fraction of sp³-hybridized carbons (Fsp3) is 0.185. The molecule has 5 rings (SSSR count). The summed E-state index contributed by atoms with van der Waals surface area (Å²) in [7, 11) is 3.16. The fourth-order valence-electron chi connectivity index (χ4n) is 4.14. The van der Waals surface area contributed by atoms with Crippen LogP contribution in [0.1, 0.15) is 6.42 Å². The molecule has 0 aliphatic carbocycles. The Morgan fingerprint density at radius 1 is 1.00 bits per heavy atom. The van der Waals surface area contributed by atoms with Gasteiger partial charge >= 0.3 is 0 Å². The molecule has 0 saturated carbocycles. The normalized spacial score (nSPS) is 15.1. The summed E-state index contributed by atoms with van der Waals surface area (Å²) in [5, 5.41) is 6.98. The minimum absolute atomic E-state index is 0.120. The zero-order chi connectivity index (χ0) is 25.1. The van der Waals surface area contributed by atoms with E-state index in [0.29, 0.717) is 34.4 Å². The number of nitrogens with one attached hydrogen (secondary N) is 1. The molecule has 1 aliphatic rings. The molecular weight excluding hydrogens is 460 g/mol. The zero-order valence-corrected chi connectivity index (χ0v) is 19.8. The van der Waals surface area contributed by atoms with Gasteiger partial charge in [0.1, 0.15) is 11.5 Å². The zero-order valence-electron chi connectivity index (χ0n) is 19.8. The van der Waals surface area contributed by atoms with Crippen LogP contribution < -0.4 is 19.7 Å². The average Bonchev–Trinajstić information content (AvgIpc) is 3.56. The highest BCUT2D eigenvalue weighted by Gasteiger charge is 2.36. The molecule has 9 heteroatoms. The number of hydrogen-bond acceptors (Lipinski definition) is 7. The first-order valence-corrected chi connectivity index (χ1v) is 11.4. The molecule has 0 radical (unpaired) electrons. The smallest absolute Gasteiger partial charge is 0.258 e. The van der Waals surface area contributed by atoms with Crippen LogP contribution in [0.4, 0.5) is 11.4 Å². The number of methoxy groups -OCH3 is 2. The highest BCUT2D eigenvalue weighted by molar-refractivity contribution is 6.04. The fourth-order valence-corrected chi connectivity index (χ4v) is 4.14. The van der Waals surface area contributed by atoms with E-state index in [-0.39, 0.29) is 24.8 Å². The van der Waals surface area contributed by atoms with Gasteiger partial charge in [-0.2, -0.15) is 4.98 Å². The maximum atomic E-state index is 13.0. The summed E-state index contributed by atoms with van der Waals surface area (Å²) in [5.74, 6) is 1.26. The quantitative estimate of drug-likeness (QED) is 0.414. The van der Waals surface area contributed by atoms with Crippen molar-refractivity contribution in [3.05, 3.63) is 72.8 Å². The molecule has 0 spiro atoms. The highest BCUT2D eigenvalue weighted by atomic mass is 16.5. The van der Waals surface area contributed by atoms with E-state index in [0.717, 1.165) is 11.3 Å². The predicted molar refractivity (Wildman–Crippen MR) is 134 cm³/mol. The number of carbonyl (C=O) groups is 2. The molecule has 182 valence electrons. The summed E-state index contributed by atoms with van der Waals surface area (Å²) >= 11 is 0. The Labute approximate surface area is 207 Å². The minimum atomic E-state index is -0.490. The molecule has 0 bridgehead atoms. The van der Waals surface area contributed by atoms with Gasteiger partial charge < -0.3 is 24.2 Å². The molecule has 1 aliphatic heterocycles. The lowest BCUT2D eigenvalue weighted by Crippen LogP contribution is -2.28. The number of hydrogen-bond donors (Lipinski definition) is 1. The summed E-state index contributed by atoms with van der Waals surface area (Å²) in [5.41, 5.74) is 2.69. The number of para-hydroxylation sites is 2. The van der Waals surface area contributed by atoms with Crippen LogP contribution in [0.2, 0.25) is 0 Å². The molecule has 0 unspecified atom stereocenters. The second-order valence-electron chi connectivity index (χ2n) is 8.30. The maximum Gasteiger partial charge on any atom is 0.258 e. The van der Waals surface area contributed by atoms with Crippen molar-refractivity contribution in [1.29, 1.82) is 0 Å². The van der Waals surface area contributed by atoms with E-state index in [2.05, 4.69) is 15.5 Å². The monoisotopic (exact) mass is 484 g/mol. The van der Waals surface area contributed by atoms with Crippen molar-refractivity contribution in [2.24, 2.45) is 5.92 Å². The van der Waals surface area contributed by atoms with Gasteiger partial charge in [-0.1, -0.05) is 23.4 Å². The largest absolute Gasteiger partial charge is 0.497 e. The highest BCUT2D eigenvalue weighted by Crippen LogP contribution is 2.33. The molecule has 1 aromatic heterocycles. The van der Waals surface area contributed by atoms with Gasteiger partial charge in [-0.05, 0) is 54.6 Å². The van der Waals surface area contributed by atoms with Gasteiger partial charge in [-0.3, -0.25) is 9.59 Å². The topological polar surface area (TPSA) is 107 Å². The minimum Gasteiger partial charge on any atom is -0.497 e. The summed E-state index contributed by atoms with van der Waals surface area (Å²) in [6.07, 6.45) is 0.123. The number of benzene rings is 3. The molecular formula is C27H24N4O5. The number of aromatic nitrogens is 2. The summed E-state index contributed by atoms with van der Waals surface area (Å²) in [6, 6.07) is 21.8. The van der Waals surface area contributed by atoms with Crippen LogP contribution in [0.25, 0.3) is 22.8 Å². The van der Waals surface area contributed by atoms with Crippen molar-refractivity contribution in [3.8, 4) is 34.3 Å². The molecule has 36 heavy (non-hydrogen) atoms. The Morgan fingerprint density at radius 2 is 1.81 bits per heavy atom. The third kappa shape index (κ3) is 4.63. The second kappa shape index (κ2) is 9.91. The van der Waals surface area contributed by atoms with Crippen LogP contribution in [0.3, 0.4) is 0 Å². The van der Waals surface area contributed by atoms with E-state index in [4.69, 9.17) is 14.0 Å². The Balaban J connectivity index is 1.28. The standard InChI is InChI=1S/C27H24N4O5/c1-34-21-12-10-17(11-13-21)25-29-27(36-30-25)18-6-5-7-20(14-18)28-26(33)19-15-24(32)31(16-19)22-8-3-4-9-23(22)35-2/h3-14,19H,15-16H2,1-2H3,(H,28,33)/t19-/m1/s1. The van der Waals surface area contributed by atoms with Gasteiger partial charge in [0.25, 0.3) is 5.89 Å². The lowest BCUT2D eigenvalue weighted by molar-refractivity contribution is -0.122. The van der Waals surface area contributed by atoms with Crippen LogP contribution in [0.5, 0.6) is 11.5 Å². The van der Waals surface area contributed by atoms with E-state index in [1.54, 1.807) is 43.4 Å². The van der Waals surface area contributed by atoms with Crippen molar-refractivity contribution in [2.75, 3.05) is 31.0 Å². The Morgan fingerprint density at radius 3 is 2.58 bits per heavy atom. The van der Waals surface area contributed by atoms with Crippen LogP contribution >= 0.6 is 0 Å². The van der Waals surface area contributed by atoms with Crippen LogP contribution in [-0.4, -0.2) is 42.7 Å². The van der Waals surface area contributed by atoms with E-state index in [1.165, 1.54) is 0 Å². The van der Waals surface area contributed by atoms with Crippen molar-refractivity contribution in [2.45, 2.75) is 6.42 Å². The molecule has 2 amide bonds. The number of carbonyl (C=O) groups excluding carboxylic acids is 2. The van der Waals surface area contributed by atoms with Gasteiger partial charge in [-0.25, -0.2) is 0 Å². The first-order chi connectivity index (χ1) is 17.6. The summed E-state index contributed by atoms with van der Waals surface area (Å²) < 4.78 is 16.0. The maximum absolute atomic E-state index is 13.0. The van der Waals surface area contributed by atoms with E-state index < -0.39 is 5.92 Å². The van der Waals surface area contributed by atoms with Crippen LogP contribution in [0, 0.1) is 5.92 Å². The molecule has 9 nitrogen and oxygen atoms in total. The molecule has 1 fully saturated rings. The summed E-state index contributed by atoms with van der Waals surface area (Å²) in [6.45, 7) is 0.277. The number of ether oxygens (including phenoxy) is 2. The molecule has 1 N–H and O–H groups in total. The number of rotatable bonds is 7. The van der Waals surface area contributed by atoms with Crippen molar-refractivity contribution in [1.82, 2.24) is 10.1 Å². The predicted octanol–water partition coefficient (Wildman–Crippen LogP) is 4.41. The molecule has 2 heterocycles. The number of anilines is 2. The summed E-state index contributed by atoms with van der Waals surface area (Å²) in [4.78, 5) is 31.7. The van der Waals surface area contributed by atoms with Gasteiger partial charge in [0.2, 0.25) is 17.6 Å². The molecule has 1 atom stereocenters. The van der Waals surface area contributed by atoms with Gasteiger partial charge in [0.15, 0.2) is 0 Å². The Bertz CT molecular complexity index is 1400. The average molecular weight is 485 g/mol. The van der Waals surface area contributed by atoms with Gasteiger partial charge in [0, 0.05) is 29.8 Å². The van der Waals surface area contributed by atoms with Crippen molar-refractivity contribution < 1.29 is 23.6 Å². The molecule has 1 saturated heterocycles. The van der Waals surface area contributed by atoms with E-state index >= 15 is 0 Å². The van der Waals surface area contributed by atoms with E-state index in [9.17, 15) is 9.59 Å². The third-order valence-corrected chi connectivity index (χ3v) is 6.02. The van der Waals surface area contributed by atoms with E-state index in [1.807, 2.05) is 48.5 Å². The lowest BCUT2D eigenvalue weighted by atomic mass is 10.1. The second-order valence-corrected chi connectivity index (χ2v) is 8.30. The Kier molecular flexibility index (Phi) is 6.36. The first kappa shape index (κ1) is 23.1. The van der Waals surface area contributed by atoms with Gasteiger partial charge in [0.05, 0.1) is 25.8 Å². The van der Waals surface area contributed by atoms with Crippen LogP contribution in [-0.2, 0) is 9.59 Å². The third-order valence-electron chi connectivity index (χ3n) is 6.02. The van der Waals surface area contributed by atoms with Crippen LogP contribution in [0.15, 0.2) is 77.3 Å². The Hall–Kier alpha value is -4.66.